The minimum absolute atomic E-state index is 0.0985. The Bertz CT molecular complexity index is 1030. The van der Waals surface area contributed by atoms with Gasteiger partial charge in [-0.15, -0.1) is 6.58 Å². The highest BCUT2D eigenvalue weighted by Crippen LogP contribution is 2.57. The van der Waals surface area contributed by atoms with Gasteiger partial charge < -0.3 is 25.2 Å². The molecule has 0 spiro atoms. The van der Waals surface area contributed by atoms with Crippen molar-refractivity contribution in [1.82, 2.24) is 10.2 Å². The van der Waals surface area contributed by atoms with Gasteiger partial charge in [0.1, 0.15) is 12.1 Å². The molecular formula is C29H42N2O6. The average Bonchev–Trinajstić information content (AvgIpc) is 3.39. The van der Waals surface area contributed by atoms with Crippen LogP contribution >= 0.6 is 0 Å². The molecule has 1 heterocycles. The largest absolute Gasteiger partial charge is 0.504 e. The second-order valence-electron chi connectivity index (χ2n) is 11.8. The van der Waals surface area contributed by atoms with Crippen LogP contribution in [-0.2, 0) is 14.3 Å². The van der Waals surface area contributed by atoms with E-state index in [9.17, 15) is 24.6 Å². The van der Waals surface area contributed by atoms with E-state index < -0.39 is 29.7 Å². The molecule has 204 valence electrons. The van der Waals surface area contributed by atoms with Crippen molar-refractivity contribution in [2.24, 2.45) is 16.7 Å². The van der Waals surface area contributed by atoms with E-state index in [1.165, 1.54) is 23.1 Å². The predicted molar refractivity (Wildman–Crippen MR) is 141 cm³/mol. The number of rotatable bonds is 9. The molecular weight excluding hydrogens is 472 g/mol. The summed E-state index contributed by atoms with van der Waals surface area (Å²) in [7, 11) is 0. The molecule has 8 heteroatoms. The van der Waals surface area contributed by atoms with Gasteiger partial charge >= 0.3 is 5.97 Å². The van der Waals surface area contributed by atoms with Gasteiger partial charge in [-0.1, -0.05) is 33.8 Å². The van der Waals surface area contributed by atoms with Gasteiger partial charge in [0.25, 0.3) is 5.91 Å². The Labute approximate surface area is 220 Å². The molecule has 4 atom stereocenters. The van der Waals surface area contributed by atoms with Gasteiger partial charge in [0.2, 0.25) is 5.91 Å². The fraction of sp³-hybridized carbons (Fsp3) is 0.621. The molecule has 1 saturated carbocycles. The van der Waals surface area contributed by atoms with Crippen LogP contribution in [0.5, 0.6) is 11.5 Å². The molecule has 3 N–H and O–H groups in total. The van der Waals surface area contributed by atoms with Crippen LogP contribution in [0.2, 0.25) is 0 Å². The third-order valence-electron chi connectivity index (χ3n) is 8.87. The van der Waals surface area contributed by atoms with Gasteiger partial charge in [0, 0.05) is 12.1 Å². The van der Waals surface area contributed by atoms with Crippen molar-refractivity contribution in [3.63, 3.8) is 0 Å². The first-order chi connectivity index (χ1) is 17.3. The molecule has 1 aromatic carbocycles. The predicted octanol–water partition coefficient (Wildman–Crippen LogP) is 4.55. The highest BCUT2D eigenvalue weighted by atomic mass is 16.5. The molecule has 0 radical (unpaired) electrons. The van der Waals surface area contributed by atoms with E-state index in [1.54, 1.807) is 0 Å². The van der Waals surface area contributed by atoms with Crippen LogP contribution in [0.15, 0.2) is 30.9 Å². The minimum Gasteiger partial charge on any atom is -0.504 e. The van der Waals surface area contributed by atoms with Gasteiger partial charge in [-0.25, -0.2) is 4.79 Å². The van der Waals surface area contributed by atoms with E-state index in [0.29, 0.717) is 25.3 Å². The molecule has 1 aromatic rings. The lowest BCUT2D eigenvalue weighted by Gasteiger charge is -2.40. The Hall–Kier alpha value is -3.03. The topological polar surface area (TPSA) is 116 Å². The number of aromatic hydroxyl groups is 2. The van der Waals surface area contributed by atoms with Gasteiger partial charge in [-0.05, 0) is 80.4 Å². The van der Waals surface area contributed by atoms with Crippen molar-refractivity contribution in [1.29, 1.82) is 0 Å². The third kappa shape index (κ3) is 6.11. The van der Waals surface area contributed by atoms with Crippen LogP contribution in [0.4, 0.5) is 0 Å². The maximum Gasteiger partial charge on any atom is 0.329 e. The molecule has 2 fully saturated rings. The second-order valence-corrected chi connectivity index (χ2v) is 11.8. The number of esters is 1. The first kappa shape index (κ1) is 28.5. The van der Waals surface area contributed by atoms with E-state index in [4.69, 9.17) is 4.74 Å². The molecule has 0 aromatic heterocycles. The van der Waals surface area contributed by atoms with Crippen molar-refractivity contribution >= 4 is 17.8 Å². The quantitative estimate of drug-likeness (QED) is 0.253. The summed E-state index contributed by atoms with van der Waals surface area (Å²) in [6.45, 7) is 15.2. The molecule has 8 nitrogen and oxygen atoms in total. The zero-order valence-electron chi connectivity index (χ0n) is 22.8. The summed E-state index contributed by atoms with van der Waals surface area (Å²) in [6, 6.07) is 2.07. The first-order valence-corrected chi connectivity index (χ1v) is 13.2. The van der Waals surface area contributed by atoms with Crippen LogP contribution in [0.3, 0.4) is 0 Å². The zero-order chi connectivity index (χ0) is 27.5. The molecule has 1 aliphatic heterocycles. The molecule has 1 saturated heterocycles. The molecule has 3 rings (SSSR count). The number of benzene rings is 1. The number of nitrogens with one attached hydrogen (secondary N) is 1. The summed E-state index contributed by atoms with van der Waals surface area (Å²) >= 11 is 0. The minimum atomic E-state index is -0.923. The van der Waals surface area contributed by atoms with Crippen molar-refractivity contribution in [3.8, 4) is 11.5 Å². The lowest BCUT2D eigenvalue weighted by Crippen LogP contribution is -2.52. The average molecular weight is 515 g/mol. The van der Waals surface area contributed by atoms with Crippen LogP contribution in [0.1, 0.15) is 83.5 Å². The first-order valence-electron chi connectivity index (χ1n) is 13.2. The maximum absolute atomic E-state index is 13.4. The molecule has 2 aliphatic rings. The normalized spacial score (nSPS) is 23.8. The number of phenols is 2. The molecule has 4 unspecified atom stereocenters. The van der Waals surface area contributed by atoms with Gasteiger partial charge in [0.15, 0.2) is 11.5 Å². The molecule has 2 amide bonds. The van der Waals surface area contributed by atoms with Crippen molar-refractivity contribution < 1.29 is 29.3 Å². The highest BCUT2D eigenvalue weighted by molar-refractivity contribution is 5.98. The van der Waals surface area contributed by atoms with Crippen LogP contribution < -0.4 is 5.32 Å². The van der Waals surface area contributed by atoms with Crippen molar-refractivity contribution in [2.75, 3.05) is 6.54 Å². The number of ether oxygens (including phenoxy) is 1. The van der Waals surface area contributed by atoms with E-state index >= 15 is 0 Å². The number of phenolic OH excluding ortho intramolecular Hbond substituents is 2. The lowest BCUT2D eigenvalue weighted by atomic mass is 9.66. The fourth-order valence-electron chi connectivity index (χ4n) is 5.68. The summed E-state index contributed by atoms with van der Waals surface area (Å²) in [5.41, 5.74) is 0.480. The molecule has 0 bridgehead atoms. The third-order valence-corrected chi connectivity index (χ3v) is 8.87. The zero-order valence-corrected chi connectivity index (χ0v) is 22.8. The SMILES string of the molecule is C=CCC(NC(=O)c1ccc(O)c(O)c1)C(=O)N1CCCC1C(=O)OC(C)CC1CCC(C)(C)C1(C)C. The van der Waals surface area contributed by atoms with E-state index in [2.05, 4.69) is 39.6 Å². The Morgan fingerprint density at radius 3 is 2.49 bits per heavy atom. The maximum atomic E-state index is 13.4. The smallest absolute Gasteiger partial charge is 0.329 e. The van der Waals surface area contributed by atoms with Crippen molar-refractivity contribution in [3.05, 3.63) is 36.4 Å². The van der Waals surface area contributed by atoms with E-state index in [-0.39, 0.29) is 40.6 Å². The number of nitrogens with zero attached hydrogens (tertiary/aromatic N) is 1. The van der Waals surface area contributed by atoms with Gasteiger partial charge in [0.05, 0.1) is 6.10 Å². The van der Waals surface area contributed by atoms with E-state index in [1.807, 2.05) is 6.92 Å². The monoisotopic (exact) mass is 514 g/mol. The van der Waals surface area contributed by atoms with E-state index in [0.717, 1.165) is 25.3 Å². The second kappa shape index (κ2) is 11.2. The number of carbonyl (C=O) groups excluding carboxylic acids is 3. The Balaban J connectivity index is 1.64. The standard InChI is InChI=1S/C29H42N2O6/c1-7-9-21(30-25(34)19-11-12-23(32)24(33)17-19)26(35)31-15-8-10-22(31)27(36)37-18(2)16-20-13-14-28(3,4)29(20,5)6/h7,11-12,17-18,20-22,32-33H,1,8-10,13-16H2,2-6H3,(H,30,34). The number of hydrogen-bond acceptors (Lipinski definition) is 6. The van der Waals surface area contributed by atoms with Crippen LogP contribution in [0, 0.1) is 16.7 Å². The Kier molecular flexibility index (Phi) is 8.60. The fourth-order valence-corrected chi connectivity index (χ4v) is 5.68. The van der Waals surface area contributed by atoms with Crippen LogP contribution in [-0.4, -0.2) is 57.6 Å². The summed E-state index contributed by atoms with van der Waals surface area (Å²) in [5, 5.41) is 21.9. The summed E-state index contributed by atoms with van der Waals surface area (Å²) < 4.78 is 5.86. The van der Waals surface area contributed by atoms with Gasteiger partial charge in [-0.2, -0.15) is 0 Å². The Morgan fingerprint density at radius 2 is 1.89 bits per heavy atom. The van der Waals surface area contributed by atoms with Gasteiger partial charge in [-0.3, -0.25) is 9.59 Å². The number of carbonyl (C=O) groups is 3. The molecule has 1 aliphatic carbocycles. The lowest BCUT2D eigenvalue weighted by molar-refractivity contribution is -0.158. The summed E-state index contributed by atoms with van der Waals surface area (Å²) in [5.74, 6) is -1.67. The Morgan fingerprint density at radius 1 is 1.19 bits per heavy atom. The summed E-state index contributed by atoms with van der Waals surface area (Å²) in [4.78, 5) is 40.8. The van der Waals surface area contributed by atoms with Crippen LogP contribution in [0.25, 0.3) is 0 Å². The molecule has 37 heavy (non-hydrogen) atoms. The number of amides is 2. The highest BCUT2D eigenvalue weighted by Gasteiger charge is 2.49. The number of hydrogen-bond donors (Lipinski definition) is 3. The number of likely N-dealkylation sites (tertiary alicyclic amines) is 1. The van der Waals surface area contributed by atoms with Crippen molar-refractivity contribution in [2.45, 2.75) is 91.3 Å². The summed E-state index contributed by atoms with van der Waals surface area (Å²) in [6.07, 6.45) is 5.69.